The molecule has 0 spiro atoms. The van der Waals surface area contributed by atoms with Crippen molar-refractivity contribution < 1.29 is 5.11 Å². The molecule has 1 N–H and O–H groups in total. The molecule has 90 valence electrons. The third kappa shape index (κ3) is 2.49. The molecule has 18 heavy (non-hydrogen) atoms. The van der Waals surface area contributed by atoms with Gasteiger partial charge < -0.3 is 5.11 Å². The van der Waals surface area contributed by atoms with Gasteiger partial charge in [-0.2, -0.15) is 0 Å². The van der Waals surface area contributed by atoms with Crippen molar-refractivity contribution in [3.8, 4) is 16.9 Å². The Kier molecular flexibility index (Phi) is 3.42. The molecule has 0 atom stereocenters. The summed E-state index contributed by atoms with van der Waals surface area (Å²) >= 11 is 0. The van der Waals surface area contributed by atoms with Crippen LogP contribution in [0.3, 0.4) is 0 Å². The number of para-hydroxylation sites is 1. The SMILES string of the molecule is CC(C)(C)c1ccc(-c2ccccc2O)cc1.[Rf]. The largest absolute Gasteiger partial charge is 0.507 e. The number of aromatic hydroxyl groups is 1. The Morgan fingerprint density at radius 1 is 0.833 bits per heavy atom. The number of hydrogen-bond donors (Lipinski definition) is 1. The first-order chi connectivity index (χ1) is 7.98. The molecule has 0 aliphatic carbocycles. The predicted molar refractivity (Wildman–Crippen MR) is 72.2 cm³/mol. The van der Waals surface area contributed by atoms with Gasteiger partial charge in [0.15, 0.2) is 0 Å². The van der Waals surface area contributed by atoms with E-state index in [1.54, 1.807) is 6.07 Å². The van der Waals surface area contributed by atoms with Crippen molar-refractivity contribution in [2.45, 2.75) is 26.2 Å². The van der Waals surface area contributed by atoms with E-state index in [1.807, 2.05) is 18.2 Å². The molecule has 0 saturated carbocycles. The first-order valence-electron chi connectivity index (χ1n) is 5.87. The van der Waals surface area contributed by atoms with Gasteiger partial charge in [-0.15, -0.1) is 0 Å². The Morgan fingerprint density at radius 2 is 1.39 bits per heavy atom. The van der Waals surface area contributed by atoms with Gasteiger partial charge >= 0.3 is 0 Å². The fourth-order valence-corrected chi connectivity index (χ4v) is 1.87. The fourth-order valence-electron chi connectivity index (χ4n) is 1.87. The summed E-state index contributed by atoms with van der Waals surface area (Å²) < 4.78 is 0. The number of hydrogen-bond acceptors (Lipinski definition) is 1. The van der Waals surface area contributed by atoms with Gasteiger partial charge in [0, 0.05) is 5.56 Å². The molecule has 0 saturated heterocycles. The van der Waals surface area contributed by atoms with Gasteiger partial charge in [0.25, 0.3) is 0 Å². The van der Waals surface area contributed by atoms with Crippen LogP contribution in [0, 0.1) is 0 Å². The number of benzene rings is 2. The van der Waals surface area contributed by atoms with Crippen molar-refractivity contribution in [1.82, 2.24) is 0 Å². The van der Waals surface area contributed by atoms with E-state index >= 15 is 0 Å². The molecule has 2 heteroatoms. The van der Waals surface area contributed by atoms with Gasteiger partial charge in [-0.1, -0.05) is 63.2 Å². The van der Waals surface area contributed by atoms with E-state index in [-0.39, 0.29) is 5.41 Å². The average Bonchev–Trinajstić information content (AvgIpc) is 2.29. The maximum absolute atomic E-state index is 9.79. The first kappa shape index (κ1) is 13.3. The molecule has 0 heterocycles. The maximum atomic E-state index is 9.79. The molecule has 0 amide bonds. The topological polar surface area (TPSA) is 20.2 Å². The van der Waals surface area contributed by atoms with Crippen molar-refractivity contribution in [1.29, 1.82) is 0 Å². The molecule has 0 radical (unpaired) electrons. The second-order valence-electron chi connectivity index (χ2n) is 5.34. The average molecular weight is 493 g/mol. The molecule has 2 aromatic rings. The predicted octanol–water partition coefficient (Wildman–Crippen LogP) is 4.36. The van der Waals surface area contributed by atoms with Crippen molar-refractivity contribution >= 4 is 0 Å². The van der Waals surface area contributed by atoms with Crippen LogP contribution in [0.4, 0.5) is 0 Å². The summed E-state index contributed by atoms with van der Waals surface area (Å²) in [5.74, 6) is 0.330. The van der Waals surface area contributed by atoms with E-state index in [4.69, 9.17) is 0 Å². The van der Waals surface area contributed by atoms with Crippen molar-refractivity contribution in [3.05, 3.63) is 54.1 Å². The molecule has 2 aromatic carbocycles. The van der Waals surface area contributed by atoms with Gasteiger partial charge in [0.05, 0.1) is 0 Å². The van der Waals surface area contributed by atoms with E-state index in [9.17, 15) is 5.11 Å². The van der Waals surface area contributed by atoms with Gasteiger partial charge in [-0.3, -0.25) is 0 Å². The van der Waals surface area contributed by atoms with Gasteiger partial charge in [0.1, 0.15) is 5.75 Å². The van der Waals surface area contributed by atoms with Crippen LogP contribution in [0.1, 0.15) is 26.3 Å². The van der Waals surface area contributed by atoms with Crippen molar-refractivity contribution in [2.75, 3.05) is 0 Å². The summed E-state index contributed by atoms with van der Waals surface area (Å²) in [6.45, 7) is 6.59. The number of rotatable bonds is 1. The Labute approximate surface area is 103 Å². The van der Waals surface area contributed by atoms with Crippen LogP contribution in [0.2, 0.25) is 0 Å². The van der Waals surface area contributed by atoms with E-state index in [2.05, 4.69) is 45.0 Å². The molecule has 0 unspecified atom stereocenters. The zero-order valence-electron chi connectivity index (χ0n) is 11.3. The van der Waals surface area contributed by atoms with Gasteiger partial charge in [-0.05, 0) is 22.6 Å². The van der Waals surface area contributed by atoms with E-state index < -0.39 is 0 Å². The van der Waals surface area contributed by atoms with Crippen LogP contribution in [0.25, 0.3) is 11.1 Å². The minimum atomic E-state index is 0. The number of phenols is 1. The Bertz CT molecular complexity index is 509. The Balaban J connectivity index is 0.00000162. The van der Waals surface area contributed by atoms with Crippen LogP contribution in [0.5, 0.6) is 5.75 Å². The fraction of sp³-hybridized carbons (Fsp3) is 0.250. The van der Waals surface area contributed by atoms with E-state index in [0.717, 1.165) is 11.1 Å². The minimum Gasteiger partial charge on any atom is -0.507 e. The third-order valence-corrected chi connectivity index (χ3v) is 2.97. The first-order valence-corrected chi connectivity index (χ1v) is 5.87. The molecule has 1 nitrogen and oxygen atoms in total. The van der Waals surface area contributed by atoms with Crippen molar-refractivity contribution in [2.24, 2.45) is 0 Å². The zero-order valence-corrected chi connectivity index (χ0v) is 17.7. The molecule has 0 aliphatic heterocycles. The third-order valence-electron chi connectivity index (χ3n) is 2.97. The van der Waals surface area contributed by atoms with E-state index in [0.29, 0.717) is 5.75 Å². The molecule has 0 aromatic heterocycles. The van der Waals surface area contributed by atoms with Crippen LogP contribution < -0.4 is 0 Å². The summed E-state index contributed by atoms with van der Waals surface area (Å²) in [5, 5.41) is 9.79. The van der Waals surface area contributed by atoms with Crippen LogP contribution >= 0.6 is 0 Å². The second-order valence-corrected chi connectivity index (χ2v) is 5.34. The molecular formula is C16H18ORf. The minimum absolute atomic E-state index is 0. The molecular weight excluding hydrogens is 475 g/mol. The molecule has 2 rings (SSSR count). The Hall–Kier alpha value is -2.76. The van der Waals surface area contributed by atoms with Crippen LogP contribution in [-0.2, 0) is 5.41 Å². The van der Waals surface area contributed by atoms with Crippen LogP contribution in [-0.4, -0.2) is 5.11 Å². The molecule has 0 bridgehead atoms. The monoisotopic (exact) mass is 493 g/mol. The Morgan fingerprint density at radius 3 is 1.89 bits per heavy atom. The van der Waals surface area contributed by atoms with Gasteiger partial charge in [0.2, 0.25) is 0 Å². The normalized spacial score (nSPS) is 10.8. The van der Waals surface area contributed by atoms with Gasteiger partial charge in [-0.25, -0.2) is 0 Å². The standard InChI is InChI=1S/C16H18O.Rf/c1-16(2,3)13-10-8-12(9-11-13)14-6-4-5-7-15(14)17;/h4-11,17H,1-3H3;. The van der Waals surface area contributed by atoms with E-state index in [1.165, 1.54) is 5.56 Å². The van der Waals surface area contributed by atoms with Crippen molar-refractivity contribution in [3.63, 3.8) is 0 Å². The summed E-state index contributed by atoms with van der Waals surface area (Å²) in [5.41, 5.74) is 3.40. The molecule has 0 aliphatic rings. The number of phenolic OH excluding ortho intramolecular Hbond substituents is 1. The maximum Gasteiger partial charge on any atom is 0.123 e. The molecule has 0 fully saturated rings. The summed E-state index contributed by atoms with van der Waals surface area (Å²) in [4.78, 5) is 0. The second kappa shape index (κ2) is 4.62. The summed E-state index contributed by atoms with van der Waals surface area (Å²) in [6, 6.07) is 15.8. The van der Waals surface area contributed by atoms with Crippen LogP contribution in [0.15, 0.2) is 48.5 Å². The summed E-state index contributed by atoms with van der Waals surface area (Å²) in [6.07, 6.45) is 0. The smallest absolute Gasteiger partial charge is 0.123 e. The quantitative estimate of drug-likeness (QED) is 0.627. The zero-order chi connectivity index (χ0) is 12.5. The summed E-state index contributed by atoms with van der Waals surface area (Å²) in [7, 11) is 0.